The minimum Gasteiger partial charge on any atom is -0.457 e. The number of para-hydroxylation sites is 4. The summed E-state index contributed by atoms with van der Waals surface area (Å²) >= 11 is 0. The van der Waals surface area contributed by atoms with Gasteiger partial charge in [0.05, 0.1) is 22.2 Å². The fourth-order valence-corrected chi connectivity index (χ4v) is 12.0. The van der Waals surface area contributed by atoms with Crippen LogP contribution in [-0.4, -0.2) is 0 Å². The molecule has 0 saturated carbocycles. The van der Waals surface area contributed by atoms with Crippen LogP contribution in [0.4, 0.5) is 17.1 Å². The van der Waals surface area contributed by atoms with Gasteiger partial charge in [-0.2, -0.15) is 0 Å². The lowest BCUT2D eigenvalue weighted by Gasteiger charge is -2.40. The molecular formula is C62H39NO2. The largest absolute Gasteiger partial charge is 0.457 e. The van der Waals surface area contributed by atoms with E-state index in [1.54, 1.807) is 0 Å². The molecule has 10 aromatic carbocycles. The van der Waals surface area contributed by atoms with Crippen LogP contribution in [0.15, 0.2) is 237 Å². The second-order valence-corrected chi connectivity index (χ2v) is 17.4. The Morgan fingerprint density at radius 2 is 0.692 bits per heavy atom. The van der Waals surface area contributed by atoms with Crippen LogP contribution in [0.3, 0.4) is 0 Å². The molecule has 3 nitrogen and oxygen atoms in total. The minimum absolute atomic E-state index is 0.564. The van der Waals surface area contributed by atoms with Crippen molar-refractivity contribution in [2.45, 2.75) is 10.8 Å². The molecule has 0 bridgehead atoms. The fraction of sp³-hybridized carbons (Fsp3) is 0.0323. The standard InChI is InChI=1S/C62H39NO2/c1-2-19-40(20-3-1)42-21-7-14-32-54(42)63(41-37-38-52-59(39-41)65-58-36-17-11-28-49(58)61(52)46-25-8-4-22-43(46)44-23-5-9-26-47(44)61)55-33-18-31-53-60(55)45-24-6-10-27-48(45)62(53)50-29-12-15-34-56(50)64-57-35-16-13-30-51(57)62/h1-39H. The summed E-state index contributed by atoms with van der Waals surface area (Å²) in [5.41, 5.74) is 18.8. The topological polar surface area (TPSA) is 21.7 Å². The smallest absolute Gasteiger partial charge is 0.134 e. The molecule has 304 valence electrons. The van der Waals surface area contributed by atoms with Crippen molar-refractivity contribution in [2.24, 2.45) is 0 Å². The highest BCUT2D eigenvalue weighted by Gasteiger charge is 2.53. The molecule has 2 aliphatic heterocycles. The van der Waals surface area contributed by atoms with Gasteiger partial charge < -0.3 is 14.4 Å². The molecule has 0 atom stereocenters. The molecule has 65 heavy (non-hydrogen) atoms. The number of fused-ring (bicyclic) bond motifs is 18. The fourth-order valence-electron chi connectivity index (χ4n) is 12.0. The van der Waals surface area contributed by atoms with Crippen molar-refractivity contribution in [3.05, 3.63) is 281 Å². The zero-order valence-corrected chi connectivity index (χ0v) is 35.3. The van der Waals surface area contributed by atoms with E-state index in [4.69, 9.17) is 9.47 Å². The van der Waals surface area contributed by atoms with E-state index in [1.165, 1.54) is 44.5 Å². The van der Waals surface area contributed by atoms with Crippen molar-refractivity contribution < 1.29 is 9.47 Å². The summed E-state index contributed by atoms with van der Waals surface area (Å²) in [4.78, 5) is 2.47. The third kappa shape index (κ3) is 4.74. The average Bonchev–Trinajstić information content (AvgIpc) is 3.83. The second-order valence-electron chi connectivity index (χ2n) is 17.4. The zero-order valence-electron chi connectivity index (χ0n) is 35.3. The molecule has 2 heterocycles. The van der Waals surface area contributed by atoms with Crippen molar-refractivity contribution in [1.82, 2.24) is 0 Å². The number of rotatable bonds is 4. The van der Waals surface area contributed by atoms with E-state index >= 15 is 0 Å². The molecule has 0 saturated heterocycles. The van der Waals surface area contributed by atoms with Crippen LogP contribution in [0.5, 0.6) is 23.0 Å². The monoisotopic (exact) mass is 829 g/mol. The summed E-state index contributed by atoms with van der Waals surface area (Å²) in [5, 5.41) is 0. The highest BCUT2D eigenvalue weighted by Crippen LogP contribution is 2.66. The third-order valence-electron chi connectivity index (χ3n) is 14.4. The van der Waals surface area contributed by atoms with Gasteiger partial charge in [-0.25, -0.2) is 0 Å². The summed E-state index contributed by atoms with van der Waals surface area (Å²) in [6.45, 7) is 0. The summed E-state index contributed by atoms with van der Waals surface area (Å²) in [7, 11) is 0. The van der Waals surface area contributed by atoms with Gasteiger partial charge in [0.2, 0.25) is 0 Å². The van der Waals surface area contributed by atoms with Gasteiger partial charge in [-0.1, -0.05) is 194 Å². The van der Waals surface area contributed by atoms with Crippen LogP contribution < -0.4 is 14.4 Å². The van der Waals surface area contributed by atoms with Gasteiger partial charge in [-0.05, 0) is 80.9 Å². The predicted molar refractivity (Wildman–Crippen MR) is 261 cm³/mol. The Labute approximate surface area is 378 Å². The number of anilines is 3. The molecule has 0 radical (unpaired) electrons. The molecule has 0 unspecified atom stereocenters. The first-order valence-corrected chi connectivity index (χ1v) is 22.4. The summed E-state index contributed by atoms with van der Waals surface area (Å²) in [6, 6.07) is 86.0. The SMILES string of the molecule is c1ccc(-c2ccccc2N(c2ccc3c(c2)Oc2ccccc2C32c3ccccc3-c3ccccc32)c2cccc3c2-c2ccccc2C32c3ccccc3Oc3ccccc32)cc1. The first-order valence-electron chi connectivity index (χ1n) is 22.4. The molecule has 2 aliphatic carbocycles. The lowest BCUT2D eigenvalue weighted by molar-refractivity contribution is 0.436. The molecule has 14 rings (SSSR count). The van der Waals surface area contributed by atoms with E-state index in [9.17, 15) is 0 Å². The van der Waals surface area contributed by atoms with Crippen LogP contribution in [0.2, 0.25) is 0 Å². The van der Waals surface area contributed by atoms with Crippen molar-refractivity contribution in [3.8, 4) is 56.4 Å². The molecule has 0 N–H and O–H groups in total. The van der Waals surface area contributed by atoms with Crippen LogP contribution in [0.1, 0.15) is 44.5 Å². The Morgan fingerprint density at radius 3 is 1.31 bits per heavy atom. The molecule has 4 aliphatic rings. The Kier molecular flexibility index (Phi) is 7.53. The van der Waals surface area contributed by atoms with E-state index in [-0.39, 0.29) is 0 Å². The van der Waals surface area contributed by atoms with E-state index in [2.05, 4.69) is 241 Å². The van der Waals surface area contributed by atoms with Crippen LogP contribution in [-0.2, 0) is 10.8 Å². The molecular weight excluding hydrogens is 791 g/mol. The lowest BCUT2D eigenvalue weighted by atomic mass is 9.66. The van der Waals surface area contributed by atoms with Gasteiger partial charge in [0.25, 0.3) is 0 Å². The van der Waals surface area contributed by atoms with E-state index in [0.717, 1.165) is 73.4 Å². The van der Waals surface area contributed by atoms with Gasteiger partial charge >= 0.3 is 0 Å². The Bertz CT molecular complexity index is 3500. The quantitative estimate of drug-likeness (QED) is 0.176. The first kappa shape index (κ1) is 36.1. The lowest BCUT2D eigenvalue weighted by Crippen LogP contribution is -2.32. The third-order valence-corrected chi connectivity index (χ3v) is 14.4. The van der Waals surface area contributed by atoms with Crippen molar-refractivity contribution in [1.29, 1.82) is 0 Å². The van der Waals surface area contributed by atoms with Crippen LogP contribution in [0, 0.1) is 0 Å². The second kappa shape index (κ2) is 13.6. The summed E-state index contributed by atoms with van der Waals surface area (Å²) < 4.78 is 13.9. The molecule has 10 aromatic rings. The predicted octanol–water partition coefficient (Wildman–Crippen LogP) is 15.8. The zero-order chi connectivity index (χ0) is 42.7. The molecule has 0 aromatic heterocycles. The number of ether oxygens (including phenoxy) is 2. The maximum Gasteiger partial charge on any atom is 0.134 e. The molecule has 0 amide bonds. The highest BCUT2D eigenvalue weighted by atomic mass is 16.5. The van der Waals surface area contributed by atoms with E-state index in [0.29, 0.717) is 0 Å². The number of benzene rings is 10. The Morgan fingerprint density at radius 1 is 0.277 bits per heavy atom. The normalized spacial score (nSPS) is 14.3. The Balaban J connectivity index is 1.07. The maximum atomic E-state index is 7.15. The summed E-state index contributed by atoms with van der Waals surface area (Å²) in [6.07, 6.45) is 0. The molecule has 0 fully saturated rings. The van der Waals surface area contributed by atoms with Gasteiger partial charge in [-0.3, -0.25) is 0 Å². The van der Waals surface area contributed by atoms with Gasteiger partial charge in [0.15, 0.2) is 0 Å². The van der Waals surface area contributed by atoms with Crippen LogP contribution >= 0.6 is 0 Å². The van der Waals surface area contributed by atoms with E-state index < -0.39 is 10.8 Å². The summed E-state index contributed by atoms with van der Waals surface area (Å²) in [5.74, 6) is 3.46. The van der Waals surface area contributed by atoms with Crippen molar-refractivity contribution in [3.63, 3.8) is 0 Å². The maximum absolute atomic E-state index is 7.15. The van der Waals surface area contributed by atoms with E-state index in [1.807, 2.05) is 0 Å². The van der Waals surface area contributed by atoms with Crippen LogP contribution in [0.25, 0.3) is 33.4 Å². The average molecular weight is 830 g/mol. The number of hydrogen-bond donors (Lipinski definition) is 0. The number of hydrogen-bond acceptors (Lipinski definition) is 3. The first-order chi connectivity index (χ1) is 32.3. The van der Waals surface area contributed by atoms with Crippen molar-refractivity contribution >= 4 is 17.1 Å². The van der Waals surface area contributed by atoms with Gasteiger partial charge in [0.1, 0.15) is 23.0 Å². The van der Waals surface area contributed by atoms with Gasteiger partial charge in [0, 0.05) is 45.1 Å². The molecule has 3 heteroatoms. The Hall–Kier alpha value is -8.40. The van der Waals surface area contributed by atoms with Crippen molar-refractivity contribution in [2.75, 3.05) is 4.90 Å². The number of nitrogens with zero attached hydrogens (tertiary/aromatic N) is 1. The minimum atomic E-state index is -0.615. The molecule has 2 spiro atoms. The van der Waals surface area contributed by atoms with Gasteiger partial charge in [-0.15, -0.1) is 0 Å². The highest BCUT2D eigenvalue weighted by molar-refractivity contribution is 6.00.